The van der Waals surface area contributed by atoms with Crippen molar-refractivity contribution in [2.45, 2.75) is 31.9 Å². The quantitative estimate of drug-likeness (QED) is 0.545. The molecule has 1 aliphatic heterocycles. The van der Waals surface area contributed by atoms with Crippen LogP contribution >= 0.6 is 0 Å². The van der Waals surface area contributed by atoms with E-state index in [2.05, 4.69) is 10.6 Å². The van der Waals surface area contributed by atoms with Crippen LogP contribution in [0.3, 0.4) is 0 Å². The minimum absolute atomic E-state index is 0.207. The van der Waals surface area contributed by atoms with Gasteiger partial charge in [0.1, 0.15) is 5.75 Å². The maximum Gasteiger partial charge on any atom is 0.317 e. The molecule has 0 aromatic heterocycles. The zero-order valence-corrected chi connectivity index (χ0v) is 15.3. The molecule has 9 nitrogen and oxygen atoms in total. The Hall–Kier alpha value is -2.81. The molecule has 1 aliphatic rings. The molecule has 1 aromatic rings. The molecule has 1 fully saturated rings. The summed E-state index contributed by atoms with van der Waals surface area (Å²) in [6, 6.07) is 5.45. The predicted octanol–water partition coefficient (Wildman–Crippen LogP) is -0.165. The maximum absolute atomic E-state index is 12.5. The smallest absolute Gasteiger partial charge is 0.317 e. The molecule has 4 amide bonds. The number of nitrogens with one attached hydrogen (secondary N) is 2. The Labute approximate surface area is 157 Å². The van der Waals surface area contributed by atoms with Crippen LogP contribution in [0.1, 0.15) is 30.1 Å². The lowest BCUT2D eigenvalue weighted by molar-refractivity contribution is -0.119. The van der Waals surface area contributed by atoms with Crippen LogP contribution in [0.2, 0.25) is 0 Å². The van der Waals surface area contributed by atoms with E-state index in [1.54, 1.807) is 29.2 Å². The van der Waals surface area contributed by atoms with E-state index in [0.29, 0.717) is 37.2 Å². The average Bonchev–Trinajstić information content (AvgIpc) is 2.82. The van der Waals surface area contributed by atoms with E-state index < -0.39 is 18.1 Å². The molecule has 0 bridgehead atoms. The number of benzene rings is 1. The van der Waals surface area contributed by atoms with Gasteiger partial charge in [-0.15, -0.1) is 0 Å². The lowest BCUT2D eigenvalue weighted by Gasteiger charge is -2.27. The number of carbonyl (C=O) groups is 3. The molecule has 2 unspecified atom stereocenters. The summed E-state index contributed by atoms with van der Waals surface area (Å²) in [5.41, 5.74) is 5.39. The van der Waals surface area contributed by atoms with Crippen LogP contribution in [0.5, 0.6) is 5.75 Å². The summed E-state index contributed by atoms with van der Waals surface area (Å²) >= 11 is 0. The van der Waals surface area contributed by atoms with Crippen molar-refractivity contribution in [2.24, 2.45) is 5.73 Å². The van der Waals surface area contributed by atoms with Crippen molar-refractivity contribution >= 4 is 17.8 Å². The number of aliphatic hydroxyl groups excluding tert-OH is 1. The number of ether oxygens (including phenoxy) is 1. The van der Waals surface area contributed by atoms with Crippen LogP contribution < -0.4 is 21.1 Å². The summed E-state index contributed by atoms with van der Waals surface area (Å²) in [6.07, 6.45) is 0.434. The van der Waals surface area contributed by atoms with E-state index in [1.807, 2.05) is 6.92 Å². The number of nitrogens with zero attached hydrogens (tertiary/aromatic N) is 1. The first kappa shape index (κ1) is 20.5. The van der Waals surface area contributed by atoms with Crippen LogP contribution in [0.4, 0.5) is 4.79 Å². The van der Waals surface area contributed by atoms with Gasteiger partial charge in [-0.2, -0.15) is 0 Å². The highest BCUT2D eigenvalue weighted by Crippen LogP contribution is 2.15. The van der Waals surface area contributed by atoms with Crippen LogP contribution in [0.15, 0.2) is 24.3 Å². The molecule has 27 heavy (non-hydrogen) atoms. The lowest BCUT2D eigenvalue weighted by atomic mass is 10.1. The normalized spacial score (nSPS) is 19.7. The highest BCUT2D eigenvalue weighted by molar-refractivity contribution is 5.94. The Morgan fingerprint density at radius 2 is 2.00 bits per heavy atom. The monoisotopic (exact) mass is 378 g/mol. The summed E-state index contributed by atoms with van der Waals surface area (Å²) in [4.78, 5) is 36.9. The van der Waals surface area contributed by atoms with E-state index in [4.69, 9.17) is 10.5 Å². The van der Waals surface area contributed by atoms with Gasteiger partial charge in [-0.05, 0) is 44.0 Å². The fraction of sp³-hybridized carbons (Fsp3) is 0.500. The van der Waals surface area contributed by atoms with Crippen molar-refractivity contribution < 1.29 is 24.2 Å². The zero-order chi connectivity index (χ0) is 19.8. The third-order valence-electron chi connectivity index (χ3n) is 4.24. The maximum atomic E-state index is 12.5. The first-order valence-corrected chi connectivity index (χ1v) is 8.93. The highest BCUT2D eigenvalue weighted by atomic mass is 16.5. The van der Waals surface area contributed by atoms with Gasteiger partial charge in [0, 0.05) is 25.2 Å². The largest absolute Gasteiger partial charge is 0.484 e. The van der Waals surface area contributed by atoms with Crippen molar-refractivity contribution in [3.63, 3.8) is 0 Å². The Balaban J connectivity index is 1.99. The Morgan fingerprint density at radius 1 is 1.30 bits per heavy atom. The van der Waals surface area contributed by atoms with Gasteiger partial charge in [0.25, 0.3) is 11.8 Å². The topological polar surface area (TPSA) is 134 Å². The number of nitrogens with two attached hydrogens (primary N) is 1. The van der Waals surface area contributed by atoms with E-state index in [-0.39, 0.29) is 25.1 Å². The number of hydrogen-bond donors (Lipinski definition) is 4. The molecule has 2 atom stereocenters. The van der Waals surface area contributed by atoms with Crippen molar-refractivity contribution in [3.05, 3.63) is 29.8 Å². The van der Waals surface area contributed by atoms with Gasteiger partial charge >= 0.3 is 6.03 Å². The minimum atomic E-state index is -0.730. The molecular weight excluding hydrogens is 352 g/mol. The molecule has 5 N–H and O–H groups in total. The molecule has 0 aliphatic carbocycles. The van der Waals surface area contributed by atoms with Crippen molar-refractivity contribution in [2.75, 3.05) is 26.2 Å². The van der Waals surface area contributed by atoms with Gasteiger partial charge in [0.2, 0.25) is 0 Å². The lowest BCUT2D eigenvalue weighted by Crippen LogP contribution is -2.51. The van der Waals surface area contributed by atoms with E-state index in [9.17, 15) is 19.5 Å². The molecule has 1 aromatic carbocycles. The minimum Gasteiger partial charge on any atom is -0.484 e. The fourth-order valence-electron chi connectivity index (χ4n) is 2.84. The van der Waals surface area contributed by atoms with Crippen molar-refractivity contribution in [1.82, 2.24) is 15.5 Å². The van der Waals surface area contributed by atoms with Crippen LogP contribution in [0, 0.1) is 0 Å². The number of rotatable bonds is 6. The number of hydrogen-bond acceptors (Lipinski definition) is 5. The number of urea groups is 1. The third kappa shape index (κ3) is 6.14. The molecule has 9 heteroatoms. The molecule has 1 heterocycles. The standard InChI is InChI=1S/C18H26N4O5/c1-2-20-18(26)22-9-3-4-15(23)14(10-22)21-17(25)12-5-7-13(8-6-12)27-11-16(19)24/h5-8,14-15,23H,2-4,9-11H2,1H3,(H2,19,24)(H,20,26)(H,21,25). The molecular formula is C18H26N4O5. The second-order valence-electron chi connectivity index (χ2n) is 6.35. The van der Waals surface area contributed by atoms with Crippen molar-refractivity contribution in [3.8, 4) is 5.75 Å². The number of carbonyl (C=O) groups excluding carboxylic acids is 3. The van der Waals surface area contributed by atoms with E-state index >= 15 is 0 Å². The summed E-state index contributed by atoms with van der Waals surface area (Å²) in [5, 5.41) is 15.8. The highest BCUT2D eigenvalue weighted by Gasteiger charge is 2.29. The number of likely N-dealkylation sites (tertiary alicyclic amines) is 1. The van der Waals surface area contributed by atoms with Crippen LogP contribution in [-0.4, -0.2) is 66.2 Å². The van der Waals surface area contributed by atoms with Crippen molar-refractivity contribution in [1.29, 1.82) is 0 Å². The van der Waals surface area contributed by atoms with Gasteiger partial charge in [-0.25, -0.2) is 4.79 Å². The van der Waals surface area contributed by atoms with Gasteiger partial charge < -0.3 is 31.1 Å². The third-order valence-corrected chi connectivity index (χ3v) is 4.24. The first-order chi connectivity index (χ1) is 12.9. The summed E-state index contributed by atoms with van der Waals surface area (Å²) < 4.78 is 5.15. The van der Waals surface area contributed by atoms with Gasteiger partial charge in [-0.3, -0.25) is 9.59 Å². The first-order valence-electron chi connectivity index (χ1n) is 8.93. The second kappa shape index (κ2) is 9.77. The Bertz CT molecular complexity index is 664. The van der Waals surface area contributed by atoms with Gasteiger partial charge in [0.15, 0.2) is 6.61 Å². The summed E-state index contributed by atoms with van der Waals surface area (Å²) in [6.45, 7) is 2.87. The molecule has 148 valence electrons. The fourth-order valence-corrected chi connectivity index (χ4v) is 2.84. The van der Waals surface area contributed by atoms with E-state index in [1.165, 1.54) is 0 Å². The SMILES string of the molecule is CCNC(=O)N1CCCC(O)C(NC(=O)c2ccc(OCC(N)=O)cc2)C1. The molecule has 2 rings (SSSR count). The Morgan fingerprint density at radius 3 is 2.63 bits per heavy atom. The summed E-state index contributed by atoms with van der Waals surface area (Å²) in [5.74, 6) is -0.531. The molecule has 1 saturated heterocycles. The summed E-state index contributed by atoms with van der Waals surface area (Å²) in [7, 11) is 0. The predicted molar refractivity (Wildman–Crippen MR) is 98.3 cm³/mol. The van der Waals surface area contributed by atoms with Gasteiger partial charge in [0.05, 0.1) is 12.1 Å². The van der Waals surface area contributed by atoms with Crippen LogP contribution in [-0.2, 0) is 4.79 Å². The molecule has 0 radical (unpaired) electrons. The number of primary amides is 1. The van der Waals surface area contributed by atoms with Crippen LogP contribution in [0.25, 0.3) is 0 Å². The van der Waals surface area contributed by atoms with Gasteiger partial charge in [-0.1, -0.05) is 0 Å². The average molecular weight is 378 g/mol. The second-order valence-corrected chi connectivity index (χ2v) is 6.35. The number of amides is 4. The number of aliphatic hydroxyl groups is 1. The molecule has 0 saturated carbocycles. The Kier molecular flexibility index (Phi) is 7.42. The zero-order valence-electron chi connectivity index (χ0n) is 15.3. The van der Waals surface area contributed by atoms with E-state index in [0.717, 1.165) is 0 Å². The molecule has 0 spiro atoms.